The van der Waals surface area contributed by atoms with Gasteiger partial charge in [0.15, 0.2) is 0 Å². The summed E-state index contributed by atoms with van der Waals surface area (Å²) in [5, 5.41) is 9.11. The zero-order valence-electron chi connectivity index (χ0n) is 11.9. The molecule has 0 bridgehead atoms. The summed E-state index contributed by atoms with van der Waals surface area (Å²) in [7, 11) is 0. The van der Waals surface area contributed by atoms with Gasteiger partial charge >= 0.3 is 0 Å². The number of halogens is 1. The van der Waals surface area contributed by atoms with E-state index in [0.29, 0.717) is 32.1 Å². The van der Waals surface area contributed by atoms with E-state index >= 15 is 0 Å². The maximum Gasteiger partial charge on any atom is 0.147 e. The van der Waals surface area contributed by atoms with Crippen LogP contribution in [0.3, 0.4) is 0 Å². The predicted molar refractivity (Wildman–Crippen MR) is 73.2 cm³/mol. The average molecular weight is 284 g/mol. The van der Waals surface area contributed by atoms with Crippen molar-refractivity contribution in [3.63, 3.8) is 0 Å². The number of ether oxygens (including phenoxy) is 2. The predicted octanol–water partition coefficient (Wildman–Crippen LogP) is 1.34. The fourth-order valence-corrected chi connectivity index (χ4v) is 2.09. The van der Waals surface area contributed by atoms with Crippen LogP contribution in [0.2, 0.25) is 0 Å². The highest BCUT2D eigenvalue weighted by Gasteiger charge is 2.22. The minimum absolute atomic E-state index is 0.0180. The van der Waals surface area contributed by atoms with Gasteiger partial charge in [-0.2, -0.15) is 0 Å². The van der Waals surface area contributed by atoms with E-state index in [0.717, 1.165) is 6.20 Å². The number of aliphatic hydroxyl groups excluding tert-OH is 1. The van der Waals surface area contributed by atoms with Crippen molar-refractivity contribution in [2.24, 2.45) is 0 Å². The van der Waals surface area contributed by atoms with E-state index in [9.17, 15) is 4.39 Å². The Kier molecular flexibility index (Phi) is 5.28. The van der Waals surface area contributed by atoms with E-state index in [2.05, 4.69) is 4.98 Å². The van der Waals surface area contributed by atoms with Crippen molar-refractivity contribution in [2.45, 2.75) is 32.7 Å². The molecule has 1 aliphatic heterocycles. The highest BCUT2D eigenvalue weighted by atomic mass is 19.1. The summed E-state index contributed by atoms with van der Waals surface area (Å²) in [6.07, 6.45) is 1.30. The number of hydrogen-bond donors (Lipinski definition) is 1. The molecule has 0 aromatic carbocycles. The fourth-order valence-electron chi connectivity index (χ4n) is 2.09. The van der Waals surface area contributed by atoms with Crippen molar-refractivity contribution in [2.75, 3.05) is 31.2 Å². The van der Waals surface area contributed by atoms with Crippen LogP contribution < -0.4 is 4.90 Å². The van der Waals surface area contributed by atoms with Crippen molar-refractivity contribution in [1.82, 2.24) is 4.98 Å². The molecule has 0 radical (unpaired) electrons. The number of hydrogen-bond acceptors (Lipinski definition) is 5. The molecule has 1 N–H and O–H groups in total. The maximum absolute atomic E-state index is 13.3. The first-order chi connectivity index (χ1) is 9.60. The first kappa shape index (κ1) is 15.2. The Morgan fingerprint density at radius 3 is 3.10 bits per heavy atom. The van der Waals surface area contributed by atoms with Crippen LogP contribution in [-0.2, 0) is 16.1 Å². The standard InChI is InChI=1S/C14H21FN2O3/c1-10(2)20-9-12-7-17(3-4-19-12)14-5-11(8-18)13(15)6-16-14/h5-6,10,12,18H,3-4,7-9H2,1-2H3. The molecule has 1 fully saturated rings. The molecular weight excluding hydrogens is 263 g/mol. The van der Waals surface area contributed by atoms with Gasteiger partial charge in [-0.3, -0.25) is 0 Å². The van der Waals surface area contributed by atoms with Gasteiger partial charge in [-0.25, -0.2) is 9.37 Å². The van der Waals surface area contributed by atoms with E-state index in [1.165, 1.54) is 0 Å². The molecule has 0 aliphatic carbocycles. The van der Waals surface area contributed by atoms with Crippen LogP contribution in [0, 0.1) is 5.82 Å². The second-order valence-electron chi connectivity index (χ2n) is 5.11. The van der Waals surface area contributed by atoms with E-state index < -0.39 is 5.82 Å². The van der Waals surface area contributed by atoms with Crippen molar-refractivity contribution >= 4 is 5.82 Å². The van der Waals surface area contributed by atoms with Crippen LogP contribution in [-0.4, -0.2) is 48.6 Å². The van der Waals surface area contributed by atoms with Crippen LogP contribution in [0.5, 0.6) is 0 Å². The van der Waals surface area contributed by atoms with Crippen LogP contribution >= 0.6 is 0 Å². The molecule has 0 saturated carbocycles. The lowest BCUT2D eigenvalue weighted by Gasteiger charge is -2.34. The van der Waals surface area contributed by atoms with Crippen LogP contribution in [0.1, 0.15) is 19.4 Å². The van der Waals surface area contributed by atoms with Gasteiger partial charge in [-0.15, -0.1) is 0 Å². The largest absolute Gasteiger partial charge is 0.392 e. The molecule has 6 heteroatoms. The van der Waals surface area contributed by atoms with Crippen LogP contribution in [0.25, 0.3) is 0 Å². The van der Waals surface area contributed by atoms with Gasteiger partial charge in [-0.05, 0) is 19.9 Å². The molecule has 1 aromatic rings. The molecule has 0 amide bonds. The number of rotatable bonds is 5. The smallest absolute Gasteiger partial charge is 0.147 e. The Bertz CT molecular complexity index is 442. The van der Waals surface area contributed by atoms with Crippen LogP contribution in [0.4, 0.5) is 10.2 Å². The molecular formula is C14H21FN2O3. The Morgan fingerprint density at radius 1 is 1.60 bits per heavy atom. The second-order valence-corrected chi connectivity index (χ2v) is 5.11. The van der Waals surface area contributed by atoms with Gasteiger partial charge in [0.1, 0.15) is 11.6 Å². The highest BCUT2D eigenvalue weighted by Crippen LogP contribution is 2.18. The molecule has 112 valence electrons. The van der Waals surface area contributed by atoms with E-state index in [1.54, 1.807) is 6.07 Å². The Hall–Kier alpha value is -1.24. The summed E-state index contributed by atoms with van der Waals surface area (Å²) >= 11 is 0. The summed E-state index contributed by atoms with van der Waals surface area (Å²) < 4.78 is 24.5. The maximum atomic E-state index is 13.3. The molecule has 1 atom stereocenters. The molecule has 1 aromatic heterocycles. The van der Waals surface area contributed by atoms with Crippen molar-refractivity contribution in [1.29, 1.82) is 0 Å². The SMILES string of the molecule is CC(C)OCC1CN(c2cc(CO)c(F)cn2)CCO1. The topological polar surface area (TPSA) is 54.8 Å². The summed E-state index contributed by atoms with van der Waals surface area (Å²) in [6.45, 7) is 6.09. The average Bonchev–Trinajstić information content (AvgIpc) is 2.46. The molecule has 5 nitrogen and oxygen atoms in total. The van der Waals surface area contributed by atoms with Gasteiger partial charge in [-0.1, -0.05) is 0 Å². The number of aliphatic hydroxyl groups is 1. The molecule has 1 aliphatic rings. The minimum atomic E-state index is -0.482. The van der Waals surface area contributed by atoms with Gasteiger partial charge in [0.05, 0.1) is 38.2 Å². The minimum Gasteiger partial charge on any atom is -0.392 e. The molecule has 2 rings (SSSR count). The number of aromatic nitrogens is 1. The molecule has 1 saturated heterocycles. The van der Waals surface area contributed by atoms with Crippen LogP contribution in [0.15, 0.2) is 12.3 Å². The third-order valence-corrected chi connectivity index (χ3v) is 3.17. The normalized spacial score (nSPS) is 19.6. The molecule has 2 heterocycles. The summed E-state index contributed by atoms with van der Waals surface area (Å²) in [5.74, 6) is 0.178. The lowest BCUT2D eigenvalue weighted by atomic mass is 10.2. The van der Waals surface area contributed by atoms with Crippen molar-refractivity contribution in [3.05, 3.63) is 23.6 Å². The zero-order chi connectivity index (χ0) is 14.5. The number of pyridine rings is 1. The van der Waals surface area contributed by atoms with Gasteiger partial charge in [0.2, 0.25) is 0 Å². The third kappa shape index (κ3) is 3.88. The second kappa shape index (κ2) is 6.97. The van der Waals surface area contributed by atoms with Gasteiger partial charge in [0, 0.05) is 18.7 Å². The number of nitrogens with zero attached hydrogens (tertiary/aromatic N) is 2. The Labute approximate surface area is 118 Å². The monoisotopic (exact) mass is 284 g/mol. The first-order valence-electron chi connectivity index (χ1n) is 6.83. The lowest BCUT2D eigenvalue weighted by molar-refractivity contribution is -0.0407. The first-order valence-corrected chi connectivity index (χ1v) is 6.83. The lowest BCUT2D eigenvalue weighted by Crippen LogP contribution is -2.45. The summed E-state index contributed by atoms with van der Waals surface area (Å²) in [5.41, 5.74) is 0.261. The van der Waals surface area contributed by atoms with E-state index in [1.807, 2.05) is 18.7 Å². The zero-order valence-corrected chi connectivity index (χ0v) is 11.9. The summed E-state index contributed by atoms with van der Waals surface area (Å²) in [6, 6.07) is 1.58. The van der Waals surface area contributed by atoms with Gasteiger partial charge < -0.3 is 19.5 Å². The van der Waals surface area contributed by atoms with Crippen molar-refractivity contribution in [3.8, 4) is 0 Å². The van der Waals surface area contributed by atoms with Crippen molar-refractivity contribution < 1.29 is 19.0 Å². The quantitative estimate of drug-likeness (QED) is 0.884. The molecule has 0 spiro atoms. The van der Waals surface area contributed by atoms with E-state index in [-0.39, 0.29) is 24.4 Å². The van der Waals surface area contributed by atoms with Gasteiger partial charge in [0.25, 0.3) is 0 Å². The van der Waals surface area contributed by atoms with E-state index in [4.69, 9.17) is 14.6 Å². The fraction of sp³-hybridized carbons (Fsp3) is 0.643. The Balaban J connectivity index is 2.01. The molecule has 1 unspecified atom stereocenters. The number of morpholine rings is 1. The highest BCUT2D eigenvalue weighted by molar-refractivity contribution is 5.41. The number of anilines is 1. The Morgan fingerprint density at radius 2 is 2.40 bits per heavy atom. The third-order valence-electron chi connectivity index (χ3n) is 3.17. The summed E-state index contributed by atoms with van der Waals surface area (Å²) in [4.78, 5) is 6.11. The molecule has 20 heavy (non-hydrogen) atoms.